The van der Waals surface area contributed by atoms with Crippen LogP contribution in [-0.4, -0.2) is 63.2 Å². The molecule has 4 N–H and O–H groups in total. The van der Waals surface area contributed by atoms with E-state index in [-0.39, 0.29) is 65.2 Å². The number of nitrogen functional groups attached to an aromatic ring is 2. The van der Waals surface area contributed by atoms with E-state index in [0.29, 0.717) is 11.4 Å². The van der Waals surface area contributed by atoms with Crippen molar-refractivity contribution in [2.45, 2.75) is 44.4 Å². The molecule has 47 heavy (non-hydrogen) atoms. The maximum atomic E-state index is 16.9. The van der Waals surface area contributed by atoms with E-state index in [2.05, 4.69) is 26.4 Å². The molecule has 3 aromatic heterocycles. The minimum absolute atomic E-state index is 0.0205. The smallest absolute Gasteiger partial charge is 0.418 e. The number of alkyl halides is 3. The quantitative estimate of drug-likeness (QED) is 0.183. The van der Waals surface area contributed by atoms with Crippen LogP contribution in [0.25, 0.3) is 22.2 Å². The number of nitrogens with zero attached hydrogens (tertiary/aromatic N) is 6. The van der Waals surface area contributed by atoms with Crippen molar-refractivity contribution in [2.75, 3.05) is 49.2 Å². The van der Waals surface area contributed by atoms with Crippen LogP contribution in [0.3, 0.4) is 0 Å². The first kappa shape index (κ1) is 31.2. The van der Waals surface area contributed by atoms with Crippen molar-refractivity contribution in [3.8, 4) is 23.0 Å². The van der Waals surface area contributed by atoms with Gasteiger partial charge in [-0.3, -0.25) is 4.90 Å². The summed E-state index contributed by atoms with van der Waals surface area (Å²) in [5, 5.41) is -0.345. The van der Waals surface area contributed by atoms with Gasteiger partial charge < -0.3 is 25.8 Å². The average Bonchev–Trinajstić information content (AvgIpc) is 3.11. The summed E-state index contributed by atoms with van der Waals surface area (Å²) in [5.41, 5.74) is 10.4. The van der Waals surface area contributed by atoms with Crippen LogP contribution in [0.1, 0.15) is 42.5 Å². The normalized spacial score (nSPS) is 20.1. The Hall–Kier alpha value is -4.43. The zero-order chi connectivity index (χ0) is 33.4. The van der Waals surface area contributed by atoms with E-state index in [0.717, 1.165) is 37.6 Å². The zero-order valence-electron chi connectivity index (χ0n) is 25.6. The van der Waals surface area contributed by atoms with Gasteiger partial charge in [-0.15, -0.1) is 0 Å². The topological polar surface area (TPSA) is 129 Å². The molecular formula is C32H31ClF4N8O2. The van der Waals surface area contributed by atoms with Gasteiger partial charge in [0.05, 0.1) is 45.4 Å². The summed E-state index contributed by atoms with van der Waals surface area (Å²) < 4.78 is 72.5. The third kappa shape index (κ3) is 5.05. The van der Waals surface area contributed by atoms with Crippen molar-refractivity contribution >= 4 is 40.0 Å². The Morgan fingerprint density at radius 3 is 2.68 bits per heavy atom. The van der Waals surface area contributed by atoms with Crippen LogP contribution in [0.5, 0.6) is 11.8 Å². The highest BCUT2D eigenvalue weighted by Crippen LogP contribution is 2.51. The van der Waals surface area contributed by atoms with Crippen molar-refractivity contribution < 1.29 is 27.0 Å². The molecule has 1 aromatic carbocycles. The Labute approximate surface area is 272 Å². The molecule has 0 aliphatic carbocycles. The van der Waals surface area contributed by atoms with Gasteiger partial charge in [-0.1, -0.05) is 29.8 Å². The number of anilines is 3. The molecule has 3 aliphatic heterocycles. The van der Waals surface area contributed by atoms with E-state index in [4.69, 9.17) is 37.5 Å². The molecule has 10 nitrogen and oxygen atoms in total. The van der Waals surface area contributed by atoms with E-state index in [1.165, 1.54) is 6.92 Å². The standard InChI is InChI=1S/C32H31ClF4N8O2/c1-15-12-31(6-8-44(31)13-15)14-47-30-42-26-21-27(46-10-9-45(29(21)43-30)17(3)18-5-4-7-40-28(18)39)23(33)20(24(26)34)25-22(32(35,36)37)16(2)11-19(38)41-25/h4-5,7,11,17H,1,6,8-10,12-14H2,2-3H3,(H2,38,41)(H2,39,40)/t17-,31+/m1/s1. The number of aromatic nitrogens is 4. The second kappa shape index (κ2) is 11.1. The molecule has 3 aliphatic rings. The van der Waals surface area contributed by atoms with Crippen molar-refractivity contribution in [3.63, 3.8) is 0 Å². The number of hydrogen-bond donors (Lipinski definition) is 2. The monoisotopic (exact) mass is 670 g/mol. The SMILES string of the molecule is C=C1CN2CC[C@@]2(COc2nc3c4c(c(Cl)c(-c5nc(N)cc(C)c5C(F)(F)F)c(F)c4n2)OCCN3[C@H](C)c2cccnc2N)C1. The van der Waals surface area contributed by atoms with Crippen LogP contribution in [0.15, 0.2) is 36.5 Å². The van der Waals surface area contributed by atoms with E-state index >= 15 is 4.39 Å². The molecule has 4 aromatic rings. The molecule has 246 valence electrons. The third-order valence-electron chi connectivity index (χ3n) is 9.32. The van der Waals surface area contributed by atoms with Crippen LogP contribution in [-0.2, 0) is 6.18 Å². The molecule has 2 atom stereocenters. The van der Waals surface area contributed by atoms with Crippen LogP contribution in [0.4, 0.5) is 35.0 Å². The highest BCUT2D eigenvalue weighted by molar-refractivity contribution is 6.36. The molecule has 6 heterocycles. The van der Waals surface area contributed by atoms with Crippen LogP contribution in [0.2, 0.25) is 5.02 Å². The van der Waals surface area contributed by atoms with Gasteiger partial charge in [-0.25, -0.2) is 14.4 Å². The van der Waals surface area contributed by atoms with Gasteiger partial charge in [0.1, 0.15) is 36.2 Å². The van der Waals surface area contributed by atoms with Crippen LogP contribution in [0, 0.1) is 12.7 Å². The number of nitrogens with two attached hydrogens (primary N) is 2. The highest BCUT2D eigenvalue weighted by Gasteiger charge is 2.50. The van der Waals surface area contributed by atoms with Crippen molar-refractivity contribution in [2.24, 2.45) is 0 Å². The molecule has 0 amide bonds. The molecule has 0 bridgehead atoms. The van der Waals surface area contributed by atoms with E-state index < -0.39 is 39.9 Å². The minimum atomic E-state index is -4.90. The largest absolute Gasteiger partial charge is 0.489 e. The summed E-state index contributed by atoms with van der Waals surface area (Å²) in [6.07, 6.45) is -1.72. The fraction of sp³-hybridized carbons (Fsp3) is 0.375. The van der Waals surface area contributed by atoms with Gasteiger partial charge in [0.2, 0.25) is 0 Å². The van der Waals surface area contributed by atoms with Crippen molar-refractivity contribution in [1.29, 1.82) is 0 Å². The molecule has 15 heteroatoms. The molecule has 0 spiro atoms. The Balaban J connectivity index is 1.46. The summed E-state index contributed by atoms with van der Waals surface area (Å²) in [5.74, 6) is -0.967. The highest BCUT2D eigenvalue weighted by atomic mass is 35.5. The summed E-state index contributed by atoms with van der Waals surface area (Å²) in [6, 6.07) is 4.03. The third-order valence-corrected chi connectivity index (χ3v) is 9.68. The Kier molecular flexibility index (Phi) is 7.35. The lowest BCUT2D eigenvalue weighted by Crippen LogP contribution is -2.59. The number of fused-ring (bicyclic) bond motifs is 1. The maximum Gasteiger partial charge on any atom is 0.418 e. The second-order valence-corrected chi connectivity index (χ2v) is 12.7. The lowest BCUT2D eigenvalue weighted by Gasteiger charge is -2.47. The van der Waals surface area contributed by atoms with Gasteiger partial charge in [0, 0.05) is 24.8 Å². The van der Waals surface area contributed by atoms with E-state index in [9.17, 15) is 13.2 Å². The number of hydrogen-bond acceptors (Lipinski definition) is 10. The van der Waals surface area contributed by atoms with Crippen LogP contribution >= 0.6 is 11.6 Å². The fourth-order valence-corrected chi connectivity index (χ4v) is 7.33. The second-order valence-electron chi connectivity index (χ2n) is 12.3. The summed E-state index contributed by atoms with van der Waals surface area (Å²) >= 11 is 6.78. The Bertz CT molecular complexity index is 1960. The summed E-state index contributed by atoms with van der Waals surface area (Å²) in [4.78, 5) is 21.4. The number of benzene rings is 1. The lowest BCUT2D eigenvalue weighted by atomic mass is 9.85. The first-order valence-electron chi connectivity index (χ1n) is 15.0. The van der Waals surface area contributed by atoms with Crippen molar-refractivity contribution in [3.05, 3.63) is 64.1 Å². The zero-order valence-corrected chi connectivity index (χ0v) is 26.3. The number of rotatable bonds is 6. The first-order chi connectivity index (χ1) is 22.3. The molecule has 0 radical (unpaired) electrons. The number of halogens is 5. The summed E-state index contributed by atoms with van der Waals surface area (Å²) in [6.45, 7) is 9.35. The summed E-state index contributed by atoms with van der Waals surface area (Å²) in [7, 11) is 0. The molecule has 2 fully saturated rings. The molecule has 0 unspecified atom stereocenters. The van der Waals surface area contributed by atoms with Gasteiger partial charge in [0.25, 0.3) is 0 Å². The molecule has 2 saturated heterocycles. The van der Waals surface area contributed by atoms with Gasteiger partial charge in [0.15, 0.2) is 11.6 Å². The number of ether oxygens (including phenoxy) is 2. The first-order valence-corrected chi connectivity index (χ1v) is 15.4. The maximum absolute atomic E-state index is 16.9. The average molecular weight is 671 g/mol. The molecule has 0 saturated carbocycles. The lowest BCUT2D eigenvalue weighted by molar-refractivity contribution is -0.137. The number of pyridine rings is 2. The molecular weight excluding hydrogens is 640 g/mol. The Morgan fingerprint density at radius 1 is 1.21 bits per heavy atom. The fourth-order valence-electron chi connectivity index (χ4n) is 7.01. The van der Waals surface area contributed by atoms with Crippen molar-refractivity contribution in [1.82, 2.24) is 24.8 Å². The predicted molar refractivity (Wildman–Crippen MR) is 170 cm³/mol. The van der Waals surface area contributed by atoms with Crippen LogP contribution < -0.4 is 25.8 Å². The molecule has 7 rings (SSSR count). The minimum Gasteiger partial charge on any atom is -0.489 e. The predicted octanol–water partition coefficient (Wildman–Crippen LogP) is 6.11. The van der Waals surface area contributed by atoms with Gasteiger partial charge >= 0.3 is 12.2 Å². The number of aryl methyl sites for hydroxylation is 1. The van der Waals surface area contributed by atoms with Gasteiger partial charge in [-0.2, -0.15) is 23.1 Å². The van der Waals surface area contributed by atoms with Gasteiger partial charge in [-0.05, 0) is 44.4 Å². The van der Waals surface area contributed by atoms with E-state index in [1.54, 1.807) is 12.3 Å². The van der Waals surface area contributed by atoms with E-state index in [1.807, 2.05) is 17.9 Å². The Morgan fingerprint density at radius 2 is 2.00 bits per heavy atom.